The standard InChI is InChI=1S/C19H24N4O4/c1-4-5-6-14-10-19(26)23(12-20-14)11-18(25)22-16-9-15(21-13(2)24)7-8-17(16)27-3/h7-10,12H,4-6,11H2,1-3H3,(H,21,24)(H,22,25). The van der Waals surface area contributed by atoms with Gasteiger partial charge in [-0.05, 0) is 31.0 Å². The molecule has 1 heterocycles. The van der Waals surface area contributed by atoms with Crippen LogP contribution in [0.1, 0.15) is 32.4 Å². The van der Waals surface area contributed by atoms with E-state index in [1.165, 1.54) is 31.0 Å². The summed E-state index contributed by atoms with van der Waals surface area (Å²) in [5.74, 6) is -0.186. The van der Waals surface area contributed by atoms with Gasteiger partial charge in [-0.25, -0.2) is 4.98 Å². The second-order valence-electron chi connectivity index (χ2n) is 6.09. The highest BCUT2D eigenvalue weighted by atomic mass is 16.5. The highest BCUT2D eigenvalue weighted by Gasteiger charge is 2.11. The van der Waals surface area contributed by atoms with Crippen LogP contribution in [0.3, 0.4) is 0 Å². The molecule has 0 aliphatic heterocycles. The Bertz CT molecular complexity index is 876. The first-order valence-corrected chi connectivity index (χ1v) is 8.73. The number of unbranched alkanes of at least 4 members (excludes halogenated alkanes) is 1. The van der Waals surface area contributed by atoms with Gasteiger partial charge in [-0.1, -0.05) is 13.3 Å². The molecule has 144 valence electrons. The van der Waals surface area contributed by atoms with Crippen LogP contribution in [0.4, 0.5) is 11.4 Å². The summed E-state index contributed by atoms with van der Waals surface area (Å²) < 4.78 is 6.47. The Balaban J connectivity index is 2.11. The van der Waals surface area contributed by atoms with Gasteiger partial charge in [0.25, 0.3) is 5.56 Å². The topological polar surface area (TPSA) is 102 Å². The Morgan fingerprint density at radius 2 is 2.00 bits per heavy atom. The first-order chi connectivity index (χ1) is 12.9. The number of benzene rings is 1. The van der Waals surface area contributed by atoms with Gasteiger partial charge in [0.05, 0.1) is 19.1 Å². The summed E-state index contributed by atoms with van der Waals surface area (Å²) in [6.07, 6.45) is 4.11. The zero-order valence-electron chi connectivity index (χ0n) is 15.7. The molecule has 2 N–H and O–H groups in total. The zero-order chi connectivity index (χ0) is 19.8. The number of nitrogens with one attached hydrogen (secondary N) is 2. The summed E-state index contributed by atoms with van der Waals surface area (Å²) in [6.45, 7) is 3.29. The fourth-order valence-electron chi connectivity index (χ4n) is 2.51. The lowest BCUT2D eigenvalue weighted by molar-refractivity contribution is -0.117. The number of anilines is 2. The van der Waals surface area contributed by atoms with E-state index < -0.39 is 5.91 Å². The molecule has 0 aliphatic carbocycles. The molecule has 2 amide bonds. The fraction of sp³-hybridized carbons (Fsp3) is 0.368. The molecule has 0 saturated carbocycles. The van der Waals surface area contributed by atoms with Gasteiger partial charge in [0.15, 0.2) is 0 Å². The molecule has 1 aromatic heterocycles. The minimum absolute atomic E-state index is 0.173. The lowest BCUT2D eigenvalue weighted by atomic mass is 10.2. The summed E-state index contributed by atoms with van der Waals surface area (Å²) in [4.78, 5) is 39.9. The Hall–Kier alpha value is -3.16. The molecule has 2 aromatic rings. The van der Waals surface area contributed by atoms with E-state index in [1.807, 2.05) is 0 Å². The van der Waals surface area contributed by atoms with Crippen molar-refractivity contribution in [3.63, 3.8) is 0 Å². The highest BCUT2D eigenvalue weighted by molar-refractivity contribution is 5.94. The Morgan fingerprint density at radius 1 is 1.22 bits per heavy atom. The van der Waals surface area contributed by atoms with Gasteiger partial charge < -0.3 is 15.4 Å². The van der Waals surface area contributed by atoms with Crippen molar-refractivity contribution in [3.8, 4) is 5.75 Å². The van der Waals surface area contributed by atoms with Crippen LogP contribution in [0, 0.1) is 0 Å². The summed E-state index contributed by atoms with van der Waals surface area (Å²) in [7, 11) is 1.48. The number of ether oxygens (including phenoxy) is 1. The maximum absolute atomic E-state index is 12.4. The normalized spacial score (nSPS) is 10.3. The average molecular weight is 372 g/mol. The third kappa shape index (κ3) is 5.95. The summed E-state index contributed by atoms with van der Waals surface area (Å²) in [6, 6.07) is 6.35. The average Bonchev–Trinajstić information content (AvgIpc) is 2.61. The van der Waals surface area contributed by atoms with Crippen molar-refractivity contribution in [2.24, 2.45) is 0 Å². The van der Waals surface area contributed by atoms with Crippen molar-refractivity contribution in [2.45, 2.75) is 39.7 Å². The van der Waals surface area contributed by atoms with Crippen molar-refractivity contribution in [1.29, 1.82) is 0 Å². The third-order valence-electron chi connectivity index (χ3n) is 3.83. The molecular formula is C19H24N4O4. The molecule has 27 heavy (non-hydrogen) atoms. The second kappa shape index (κ2) is 9.51. The summed E-state index contributed by atoms with van der Waals surface area (Å²) in [5.41, 5.74) is 1.38. The summed E-state index contributed by atoms with van der Waals surface area (Å²) in [5, 5.41) is 5.34. The lowest BCUT2D eigenvalue weighted by Crippen LogP contribution is -2.28. The second-order valence-corrected chi connectivity index (χ2v) is 6.09. The van der Waals surface area contributed by atoms with Crippen LogP contribution in [-0.4, -0.2) is 28.5 Å². The van der Waals surface area contributed by atoms with Crippen molar-refractivity contribution in [2.75, 3.05) is 17.7 Å². The van der Waals surface area contributed by atoms with Crippen LogP contribution in [0.15, 0.2) is 35.4 Å². The molecule has 0 spiro atoms. The van der Waals surface area contributed by atoms with E-state index in [0.717, 1.165) is 25.0 Å². The van der Waals surface area contributed by atoms with Gasteiger partial charge in [-0.3, -0.25) is 19.0 Å². The van der Waals surface area contributed by atoms with Gasteiger partial charge >= 0.3 is 0 Å². The number of rotatable bonds is 8. The predicted octanol–water partition coefficient (Wildman–Crippen LogP) is 2.19. The van der Waals surface area contributed by atoms with Crippen molar-refractivity contribution < 1.29 is 14.3 Å². The monoisotopic (exact) mass is 372 g/mol. The first-order valence-electron chi connectivity index (χ1n) is 8.73. The largest absolute Gasteiger partial charge is 0.495 e. The molecule has 0 bridgehead atoms. The first kappa shape index (κ1) is 20.2. The van der Waals surface area contributed by atoms with Gasteiger partial charge in [0.1, 0.15) is 12.3 Å². The fourth-order valence-corrected chi connectivity index (χ4v) is 2.51. The minimum atomic E-state index is -0.404. The maximum atomic E-state index is 12.4. The van der Waals surface area contributed by atoms with Crippen LogP contribution in [0.25, 0.3) is 0 Å². The minimum Gasteiger partial charge on any atom is -0.495 e. The third-order valence-corrected chi connectivity index (χ3v) is 3.83. The molecule has 0 atom stereocenters. The van der Waals surface area contributed by atoms with Gasteiger partial charge in [0.2, 0.25) is 11.8 Å². The van der Waals surface area contributed by atoms with Crippen molar-refractivity contribution in [3.05, 3.63) is 46.6 Å². The molecule has 0 fully saturated rings. The lowest BCUT2D eigenvalue weighted by Gasteiger charge is -2.13. The quantitative estimate of drug-likeness (QED) is 0.739. The van der Waals surface area contributed by atoms with Crippen LogP contribution in [-0.2, 0) is 22.6 Å². The number of aromatic nitrogens is 2. The number of amides is 2. The smallest absolute Gasteiger partial charge is 0.253 e. The Kier molecular flexibility index (Phi) is 7.10. The van der Waals surface area contributed by atoms with Gasteiger partial charge in [-0.15, -0.1) is 0 Å². The molecular weight excluding hydrogens is 348 g/mol. The number of carbonyl (C=O) groups excluding carboxylic acids is 2. The molecule has 8 nitrogen and oxygen atoms in total. The zero-order valence-corrected chi connectivity index (χ0v) is 15.7. The molecule has 0 aliphatic rings. The maximum Gasteiger partial charge on any atom is 0.253 e. The van der Waals surface area contributed by atoms with E-state index in [1.54, 1.807) is 18.2 Å². The number of nitrogens with zero attached hydrogens (tertiary/aromatic N) is 2. The molecule has 0 radical (unpaired) electrons. The molecule has 1 aromatic carbocycles. The van der Waals surface area contributed by atoms with Crippen LogP contribution >= 0.6 is 0 Å². The molecule has 2 rings (SSSR count). The highest BCUT2D eigenvalue weighted by Crippen LogP contribution is 2.27. The van der Waals surface area contributed by atoms with E-state index in [2.05, 4.69) is 22.5 Å². The summed E-state index contributed by atoms with van der Waals surface area (Å²) >= 11 is 0. The predicted molar refractivity (Wildman–Crippen MR) is 103 cm³/mol. The Morgan fingerprint density at radius 3 is 2.63 bits per heavy atom. The van der Waals surface area contributed by atoms with E-state index in [-0.39, 0.29) is 18.0 Å². The van der Waals surface area contributed by atoms with Crippen LogP contribution < -0.4 is 20.9 Å². The van der Waals surface area contributed by atoms with Crippen LogP contribution in [0.5, 0.6) is 5.75 Å². The van der Waals surface area contributed by atoms with Crippen molar-refractivity contribution in [1.82, 2.24) is 9.55 Å². The molecule has 0 unspecified atom stereocenters. The number of aryl methyl sites for hydroxylation is 1. The van der Waals surface area contributed by atoms with E-state index in [9.17, 15) is 14.4 Å². The van der Waals surface area contributed by atoms with E-state index in [4.69, 9.17) is 4.74 Å². The van der Waals surface area contributed by atoms with E-state index >= 15 is 0 Å². The van der Waals surface area contributed by atoms with Crippen LogP contribution in [0.2, 0.25) is 0 Å². The Labute approximate surface area is 157 Å². The van der Waals surface area contributed by atoms with Crippen molar-refractivity contribution >= 4 is 23.2 Å². The number of carbonyl (C=O) groups is 2. The SMILES string of the molecule is CCCCc1cc(=O)n(CC(=O)Nc2cc(NC(C)=O)ccc2OC)cn1. The number of methoxy groups -OCH3 is 1. The van der Waals surface area contributed by atoms with E-state index in [0.29, 0.717) is 17.1 Å². The molecule has 8 heteroatoms. The van der Waals surface area contributed by atoms with Gasteiger partial charge in [-0.2, -0.15) is 0 Å². The number of hydrogen-bond acceptors (Lipinski definition) is 5. The van der Waals surface area contributed by atoms with Gasteiger partial charge in [0, 0.05) is 24.4 Å². The molecule has 0 saturated heterocycles. The number of hydrogen-bond donors (Lipinski definition) is 2.